The van der Waals surface area contributed by atoms with Crippen LogP contribution in [0, 0.1) is 0 Å². The molecular formula is C20H24N2O4S2. The quantitative estimate of drug-likeness (QED) is 0.523. The van der Waals surface area contributed by atoms with Crippen LogP contribution in [-0.2, 0) is 14.8 Å². The Hall–Kier alpha value is -1.87. The fourth-order valence-electron chi connectivity index (χ4n) is 3.00. The zero-order valence-corrected chi connectivity index (χ0v) is 17.4. The summed E-state index contributed by atoms with van der Waals surface area (Å²) in [6.45, 7) is 1.74. The molecule has 1 heterocycles. The number of carbonyl (C=O) groups excluding carboxylic acids is 1. The predicted molar refractivity (Wildman–Crippen MR) is 111 cm³/mol. The number of carbonyl (C=O) groups is 1. The monoisotopic (exact) mass is 420 g/mol. The van der Waals surface area contributed by atoms with Crippen molar-refractivity contribution in [3.05, 3.63) is 54.1 Å². The summed E-state index contributed by atoms with van der Waals surface area (Å²) < 4.78 is 31.7. The molecule has 0 aliphatic carbocycles. The Balaban J connectivity index is 1.70. The molecule has 1 N–H and O–H groups in total. The van der Waals surface area contributed by atoms with Gasteiger partial charge in [-0.1, -0.05) is 12.1 Å². The maximum atomic E-state index is 12.7. The number of sulfonamides is 1. The standard InChI is InChI=1S/C20H24N2O4S2/c1-26-14-15-27-19-7-3-2-6-18(19)20(23)21-16-8-10-17(11-9-16)28(24,25)22-12-4-5-13-22/h2-3,6-11H,4-5,12-15H2,1H3,(H,21,23). The maximum absolute atomic E-state index is 12.7. The summed E-state index contributed by atoms with van der Waals surface area (Å²) in [6.07, 6.45) is 1.80. The Morgan fingerprint density at radius 3 is 2.46 bits per heavy atom. The van der Waals surface area contributed by atoms with Gasteiger partial charge in [0.15, 0.2) is 0 Å². The molecule has 2 aromatic rings. The predicted octanol–water partition coefficient (Wildman–Crippen LogP) is 3.46. The topological polar surface area (TPSA) is 75.7 Å². The minimum atomic E-state index is -3.45. The van der Waals surface area contributed by atoms with Crippen molar-refractivity contribution in [2.45, 2.75) is 22.6 Å². The molecule has 0 unspecified atom stereocenters. The Bertz CT molecular complexity index is 908. The Kier molecular flexibility index (Phi) is 7.12. The van der Waals surface area contributed by atoms with E-state index in [1.54, 1.807) is 49.2 Å². The number of benzene rings is 2. The van der Waals surface area contributed by atoms with Crippen molar-refractivity contribution in [3.63, 3.8) is 0 Å². The van der Waals surface area contributed by atoms with Crippen molar-refractivity contribution in [3.8, 4) is 0 Å². The molecule has 0 bridgehead atoms. The molecule has 1 aliphatic rings. The van der Waals surface area contributed by atoms with Crippen LogP contribution in [-0.4, -0.2) is 51.2 Å². The van der Waals surface area contributed by atoms with E-state index in [1.165, 1.54) is 4.31 Å². The van der Waals surface area contributed by atoms with E-state index in [0.29, 0.717) is 30.9 Å². The summed E-state index contributed by atoms with van der Waals surface area (Å²) in [7, 11) is -1.80. The highest BCUT2D eigenvalue weighted by Gasteiger charge is 2.27. The van der Waals surface area contributed by atoms with Crippen LogP contribution < -0.4 is 5.32 Å². The van der Waals surface area contributed by atoms with Crippen LogP contribution in [0.2, 0.25) is 0 Å². The van der Waals surface area contributed by atoms with Gasteiger partial charge in [-0.3, -0.25) is 4.79 Å². The Morgan fingerprint density at radius 1 is 1.11 bits per heavy atom. The van der Waals surface area contributed by atoms with E-state index < -0.39 is 10.0 Å². The van der Waals surface area contributed by atoms with Gasteiger partial charge in [0.1, 0.15) is 0 Å². The second-order valence-corrected chi connectivity index (χ2v) is 9.50. The van der Waals surface area contributed by atoms with Gasteiger partial charge in [-0.05, 0) is 49.2 Å². The van der Waals surface area contributed by atoms with Crippen molar-refractivity contribution in [1.29, 1.82) is 0 Å². The fourth-order valence-corrected chi connectivity index (χ4v) is 5.48. The average molecular weight is 421 g/mol. The van der Waals surface area contributed by atoms with Crippen LogP contribution in [0.25, 0.3) is 0 Å². The van der Waals surface area contributed by atoms with Crippen LogP contribution in [0.4, 0.5) is 5.69 Å². The second-order valence-electron chi connectivity index (χ2n) is 6.43. The highest BCUT2D eigenvalue weighted by Crippen LogP contribution is 2.25. The summed E-state index contributed by atoms with van der Waals surface area (Å²) >= 11 is 1.56. The number of methoxy groups -OCH3 is 1. The molecule has 0 spiro atoms. The van der Waals surface area contributed by atoms with Crippen molar-refractivity contribution < 1.29 is 17.9 Å². The molecule has 1 fully saturated rings. The molecule has 2 aromatic carbocycles. The molecule has 8 heteroatoms. The van der Waals surface area contributed by atoms with Gasteiger partial charge in [0.05, 0.1) is 17.1 Å². The van der Waals surface area contributed by atoms with Gasteiger partial charge in [0.25, 0.3) is 5.91 Å². The molecule has 1 amide bonds. The highest BCUT2D eigenvalue weighted by molar-refractivity contribution is 7.99. The van der Waals surface area contributed by atoms with Crippen molar-refractivity contribution >= 4 is 33.4 Å². The molecule has 1 saturated heterocycles. The van der Waals surface area contributed by atoms with Crippen LogP contribution in [0.3, 0.4) is 0 Å². The minimum Gasteiger partial charge on any atom is -0.384 e. The third kappa shape index (κ3) is 4.94. The van der Waals surface area contributed by atoms with Gasteiger partial charge in [0, 0.05) is 36.5 Å². The number of nitrogens with zero attached hydrogens (tertiary/aromatic N) is 1. The number of nitrogens with one attached hydrogen (secondary N) is 1. The first-order valence-electron chi connectivity index (χ1n) is 9.15. The van der Waals surface area contributed by atoms with Gasteiger partial charge >= 0.3 is 0 Å². The zero-order chi connectivity index (χ0) is 20.0. The van der Waals surface area contributed by atoms with E-state index >= 15 is 0 Å². The van der Waals surface area contributed by atoms with Gasteiger partial charge < -0.3 is 10.1 Å². The zero-order valence-electron chi connectivity index (χ0n) is 15.8. The SMILES string of the molecule is COCCSc1ccccc1C(=O)Nc1ccc(S(=O)(=O)N2CCCC2)cc1. The third-order valence-electron chi connectivity index (χ3n) is 4.49. The lowest BCUT2D eigenvalue weighted by Crippen LogP contribution is -2.27. The van der Waals surface area contributed by atoms with Crippen LogP contribution in [0.1, 0.15) is 23.2 Å². The maximum Gasteiger partial charge on any atom is 0.256 e. The first kappa shape index (κ1) is 20.9. The first-order chi connectivity index (χ1) is 13.5. The number of amides is 1. The van der Waals surface area contributed by atoms with Crippen molar-refractivity contribution in [2.75, 3.05) is 37.9 Å². The summed E-state index contributed by atoms with van der Waals surface area (Å²) in [4.78, 5) is 13.8. The third-order valence-corrected chi connectivity index (χ3v) is 7.44. The van der Waals surface area contributed by atoms with E-state index in [2.05, 4.69) is 5.32 Å². The number of hydrogen-bond acceptors (Lipinski definition) is 5. The van der Waals surface area contributed by atoms with Gasteiger partial charge in [-0.2, -0.15) is 4.31 Å². The van der Waals surface area contributed by atoms with E-state index in [1.807, 2.05) is 18.2 Å². The highest BCUT2D eigenvalue weighted by atomic mass is 32.2. The van der Waals surface area contributed by atoms with Crippen molar-refractivity contribution in [2.24, 2.45) is 0 Å². The molecule has 0 aromatic heterocycles. The summed E-state index contributed by atoms with van der Waals surface area (Å²) in [5, 5.41) is 2.85. The minimum absolute atomic E-state index is 0.226. The second kappa shape index (κ2) is 9.56. The Morgan fingerprint density at radius 2 is 1.79 bits per heavy atom. The number of rotatable bonds is 8. The Labute approximate surface area is 170 Å². The lowest BCUT2D eigenvalue weighted by atomic mass is 10.2. The molecule has 28 heavy (non-hydrogen) atoms. The van der Waals surface area contributed by atoms with Crippen LogP contribution >= 0.6 is 11.8 Å². The molecule has 1 aliphatic heterocycles. The van der Waals surface area contributed by atoms with Gasteiger partial charge in [-0.25, -0.2) is 8.42 Å². The van der Waals surface area contributed by atoms with Crippen LogP contribution in [0.5, 0.6) is 0 Å². The summed E-state index contributed by atoms with van der Waals surface area (Å²) in [5.41, 5.74) is 1.14. The lowest BCUT2D eigenvalue weighted by Gasteiger charge is -2.16. The summed E-state index contributed by atoms with van der Waals surface area (Å²) in [6, 6.07) is 13.7. The lowest BCUT2D eigenvalue weighted by molar-refractivity contribution is 0.102. The number of thioether (sulfide) groups is 1. The molecule has 0 radical (unpaired) electrons. The van der Waals surface area contributed by atoms with Crippen molar-refractivity contribution in [1.82, 2.24) is 4.31 Å². The van der Waals surface area contributed by atoms with E-state index in [9.17, 15) is 13.2 Å². The molecule has 6 nitrogen and oxygen atoms in total. The average Bonchev–Trinajstić information content (AvgIpc) is 3.25. The molecule has 3 rings (SSSR count). The molecule has 0 atom stereocenters. The van der Waals surface area contributed by atoms with Gasteiger partial charge in [0.2, 0.25) is 10.0 Å². The summed E-state index contributed by atoms with van der Waals surface area (Å²) in [5.74, 6) is 0.528. The number of hydrogen-bond donors (Lipinski definition) is 1. The van der Waals surface area contributed by atoms with Gasteiger partial charge in [-0.15, -0.1) is 11.8 Å². The largest absolute Gasteiger partial charge is 0.384 e. The van der Waals surface area contributed by atoms with E-state index in [-0.39, 0.29) is 10.8 Å². The number of anilines is 1. The first-order valence-corrected chi connectivity index (χ1v) is 11.6. The number of ether oxygens (including phenoxy) is 1. The van der Waals surface area contributed by atoms with Crippen LogP contribution in [0.15, 0.2) is 58.3 Å². The van der Waals surface area contributed by atoms with E-state index in [4.69, 9.17) is 4.74 Å². The fraction of sp³-hybridized carbons (Fsp3) is 0.350. The molecule has 150 valence electrons. The smallest absolute Gasteiger partial charge is 0.256 e. The molecular weight excluding hydrogens is 396 g/mol. The van der Waals surface area contributed by atoms with E-state index in [0.717, 1.165) is 23.5 Å². The normalized spacial score (nSPS) is 14.9. The molecule has 0 saturated carbocycles.